The number of carboxylic acids is 1. The van der Waals surface area contributed by atoms with Gasteiger partial charge in [0, 0.05) is 6.61 Å². The maximum absolute atomic E-state index is 11.9. The Morgan fingerprint density at radius 1 is 1.39 bits per heavy atom. The first-order valence-electron chi connectivity index (χ1n) is 6.21. The van der Waals surface area contributed by atoms with Crippen LogP contribution < -0.4 is 0 Å². The van der Waals surface area contributed by atoms with Crippen LogP contribution in [0.15, 0.2) is 0 Å². The summed E-state index contributed by atoms with van der Waals surface area (Å²) in [4.78, 5) is 11.4. The van der Waals surface area contributed by atoms with Gasteiger partial charge in [0.15, 0.2) is 0 Å². The van der Waals surface area contributed by atoms with Crippen molar-refractivity contribution in [1.82, 2.24) is 0 Å². The van der Waals surface area contributed by atoms with Crippen LogP contribution in [0.5, 0.6) is 0 Å². The Balaban J connectivity index is 1.87. The van der Waals surface area contributed by atoms with Gasteiger partial charge in [0.05, 0.1) is 5.41 Å². The number of alkyl halides is 3. The summed E-state index contributed by atoms with van der Waals surface area (Å²) in [6.45, 7) is -1.42. The van der Waals surface area contributed by atoms with E-state index in [2.05, 4.69) is 4.74 Å². The Hall–Kier alpha value is -0.780. The van der Waals surface area contributed by atoms with E-state index in [9.17, 15) is 23.1 Å². The molecule has 0 saturated heterocycles. The third-order valence-electron chi connectivity index (χ3n) is 4.36. The van der Waals surface area contributed by atoms with Crippen molar-refractivity contribution >= 4 is 5.97 Å². The van der Waals surface area contributed by atoms with Crippen molar-refractivity contribution in [3.05, 3.63) is 0 Å². The fourth-order valence-corrected chi connectivity index (χ4v) is 3.56. The highest BCUT2D eigenvalue weighted by molar-refractivity contribution is 5.75. The molecule has 0 radical (unpaired) electrons. The molecule has 0 aromatic carbocycles. The minimum Gasteiger partial charge on any atom is -0.481 e. The van der Waals surface area contributed by atoms with Crippen LogP contribution in [0.1, 0.15) is 32.1 Å². The lowest BCUT2D eigenvalue weighted by Crippen LogP contribution is -2.37. The summed E-state index contributed by atoms with van der Waals surface area (Å²) >= 11 is 0. The molecule has 0 aromatic rings. The van der Waals surface area contributed by atoms with Crippen molar-refractivity contribution in [2.45, 2.75) is 38.3 Å². The van der Waals surface area contributed by atoms with Crippen LogP contribution in [0.25, 0.3) is 0 Å². The smallest absolute Gasteiger partial charge is 0.411 e. The topological polar surface area (TPSA) is 46.5 Å². The van der Waals surface area contributed by atoms with Gasteiger partial charge in [-0.15, -0.1) is 0 Å². The fraction of sp³-hybridized carbons (Fsp3) is 0.917. The first kappa shape index (κ1) is 13.6. The molecule has 104 valence electrons. The lowest BCUT2D eigenvalue weighted by Gasteiger charge is -2.33. The number of hydrogen-bond donors (Lipinski definition) is 1. The van der Waals surface area contributed by atoms with Gasteiger partial charge in [-0.05, 0) is 37.5 Å². The molecule has 2 aliphatic rings. The van der Waals surface area contributed by atoms with E-state index in [0.29, 0.717) is 12.3 Å². The van der Waals surface area contributed by atoms with E-state index < -0.39 is 24.2 Å². The molecule has 2 saturated carbocycles. The monoisotopic (exact) mass is 266 g/mol. The molecule has 2 aliphatic carbocycles. The molecule has 3 nitrogen and oxygen atoms in total. The van der Waals surface area contributed by atoms with E-state index in [1.54, 1.807) is 0 Å². The average Bonchev–Trinajstić information content (AvgIpc) is 2.83. The molecule has 3 unspecified atom stereocenters. The zero-order valence-corrected chi connectivity index (χ0v) is 10.0. The quantitative estimate of drug-likeness (QED) is 0.778. The summed E-state index contributed by atoms with van der Waals surface area (Å²) in [5, 5.41) is 9.37. The molecule has 0 spiro atoms. The van der Waals surface area contributed by atoms with Crippen LogP contribution >= 0.6 is 0 Å². The van der Waals surface area contributed by atoms with Gasteiger partial charge in [-0.2, -0.15) is 13.2 Å². The van der Waals surface area contributed by atoms with Crippen LogP contribution in [0.2, 0.25) is 0 Å². The highest BCUT2D eigenvalue weighted by Gasteiger charge is 2.55. The predicted octanol–water partition coefficient (Wildman–Crippen LogP) is 2.85. The van der Waals surface area contributed by atoms with Gasteiger partial charge >= 0.3 is 12.1 Å². The van der Waals surface area contributed by atoms with E-state index in [1.807, 2.05) is 0 Å². The van der Waals surface area contributed by atoms with Crippen molar-refractivity contribution in [3.63, 3.8) is 0 Å². The van der Waals surface area contributed by atoms with Crippen LogP contribution in [-0.2, 0) is 9.53 Å². The Bertz CT molecular complexity index is 329. The van der Waals surface area contributed by atoms with Gasteiger partial charge in [-0.1, -0.05) is 6.42 Å². The standard InChI is InChI=1S/C12H17F3O3/c13-12(14,15)7-18-4-3-11(10(16)17)6-8-1-2-9(11)5-8/h8-9H,1-7H2,(H,16,17). The number of hydrogen-bond acceptors (Lipinski definition) is 2. The first-order valence-corrected chi connectivity index (χ1v) is 6.21. The summed E-state index contributed by atoms with van der Waals surface area (Å²) in [6.07, 6.45) is -0.696. The van der Waals surface area contributed by atoms with Crippen molar-refractivity contribution in [1.29, 1.82) is 0 Å². The molecule has 18 heavy (non-hydrogen) atoms. The maximum Gasteiger partial charge on any atom is 0.411 e. The SMILES string of the molecule is O=C(O)C1(CCOCC(F)(F)F)CC2CCC1C2. The molecule has 6 heteroatoms. The van der Waals surface area contributed by atoms with E-state index in [1.165, 1.54) is 0 Å². The van der Waals surface area contributed by atoms with Crippen LogP contribution in [0.3, 0.4) is 0 Å². The molecule has 2 fully saturated rings. The number of aliphatic carboxylic acids is 1. The predicted molar refractivity (Wildman–Crippen MR) is 57.0 cm³/mol. The number of rotatable bonds is 5. The number of halogens is 3. The zero-order valence-electron chi connectivity index (χ0n) is 10.0. The van der Waals surface area contributed by atoms with Gasteiger partial charge in [0.1, 0.15) is 6.61 Å². The third-order valence-corrected chi connectivity index (χ3v) is 4.36. The Morgan fingerprint density at radius 2 is 2.11 bits per heavy atom. The second-order valence-electron chi connectivity index (χ2n) is 5.46. The van der Waals surface area contributed by atoms with Crippen molar-refractivity contribution < 1.29 is 27.8 Å². The molecule has 0 aromatic heterocycles. The first-order chi connectivity index (χ1) is 8.33. The largest absolute Gasteiger partial charge is 0.481 e. The van der Waals surface area contributed by atoms with Gasteiger partial charge in [0.25, 0.3) is 0 Å². The zero-order chi connectivity index (χ0) is 13.4. The van der Waals surface area contributed by atoms with Crippen molar-refractivity contribution in [2.24, 2.45) is 17.3 Å². The number of fused-ring (bicyclic) bond motifs is 2. The summed E-state index contributed by atoms with van der Waals surface area (Å²) in [6, 6.07) is 0. The van der Waals surface area contributed by atoms with Gasteiger partial charge < -0.3 is 9.84 Å². The number of ether oxygens (including phenoxy) is 1. The molecule has 0 aliphatic heterocycles. The summed E-state index contributed by atoms with van der Waals surface area (Å²) in [5.74, 6) is -0.312. The van der Waals surface area contributed by atoms with E-state index in [4.69, 9.17) is 0 Å². The molecular weight excluding hydrogens is 249 g/mol. The lowest BCUT2D eigenvalue weighted by molar-refractivity contribution is -0.177. The lowest BCUT2D eigenvalue weighted by atomic mass is 9.71. The molecule has 2 bridgehead atoms. The van der Waals surface area contributed by atoms with E-state index >= 15 is 0 Å². The van der Waals surface area contributed by atoms with Crippen LogP contribution in [-0.4, -0.2) is 30.5 Å². The van der Waals surface area contributed by atoms with E-state index in [0.717, 1.165) is 19.3 Å². The molecular formula is C12H17F3O3. The molecule has 0 amide bonds. The van der Waals surface area contributed by atoms with Gasteiger partial charge in [0.2, 0.25) is 0 Å². The van der Waals surface area contributed by atoms with Crippen LogP contribution in [0, 0.1) is 17.3 Å². The minimum atomic E-state index is -4.34. The van der Waals surface area contributed by atoms with Crippen molar-refractivity contribution in [2.75, 3.05) is 13.2 Å². The molecule has 3 atom stereocenters. The Labute approximate surface area is 103 Å². The molecule has 0 heterocycles. The number of carbonyl (C=O) groups is 1. The average molecular weight is 266 g/mol. The third kappa shape index (κ3) is 2.63. The normalized spacial score (nSPS) is 35.1. The van der Waals surface area contributed by atoms with Gasteiger partial charge in [-0.3, -0.25) is 4.79 Å². The highest BCUT2D eigenvalue weighted by Crippen LogP contribution is 2.57. The summed E-state index contributed by atoms with van der Waals surface area (Å²) in [5.41, 5.74) is -0.839. The Kier molecular flexibility index (Phi) is 3.58. The minimum absolute atomic E-state index is 0.120. The molecule has 2 rings (SSSR count). The summed E-state index contributed by atoms with van der Waals surface area (Å²) in [7, 11) is 0. The fourth-order valence-electron chi connectivity index (χ4n) is 3.56. The number of carboxylic acid groups (broad SMARTS) is 1. The highest BCUT2D eigenvalue weighted by atomic mass is 19.4. The van der Waals surface area contributed by atoms with Crippen LogP contribution in [0.4, 0.5) is 13.2 Å². The van der Waals surface area contributed by atoms with E-state index in [-0.39, 0.29) is 18.9 Å². The van der Waals surface area contributed by atoms with Crippen molar-refractivity contribution in [3.8, 4) is 0 Å². The molecule has 1 N–H and O–H groups in total. The summed E-state index contributed by atoms with van der Waals surface area (Å²) < 4.78 is 40.3. The Morgan fingerprint density at radius 3 is 2.56 bits per heavy atom. The maximum atomic E-state index is 11.9. The van der Waals surface area contributed by atoms with Gasteiger partial charge in [-0.25, -0.2) is 0 Å². The second-order valence-corrected chi connectivity index (χ2v) is 5.46. The second kappa shape index (κ2) is 4.72.